The molecule has 0 bridgehead atoms. The summed E-state index contributed by atoms with van der Waals surface area (Å²) in [6.45, 7) is 2.91. The van der Waals surface area contributed by atoms with Crippen molar-refractivity contribution in [1.82, 2.24) is 19.7 Å². The molecule has 1 saturated carbocycles. The molecule has 2 aromatic rings. The molecule has 2 aromatic heterocycles. The third kappa shape index (κ3) is 5.45. The summed E-state index contributed by atoms with van der Waals surface area (Å²) in [7, 11) is 1.82. The summed E-state index contributed by atoms with van der Waals surface area (Å²) in [6, 6.07) is 5.75. The molecule has 1 N–H and O–H groups in total. The predicted octanol–water partition coefficient (Wildman–Crippen LogP) is 2.91. The average Bonchev–Trinajstić information content (AvgIpc) is 3.42. The van der Waals surface area contributed by atoms with Gasteiger partial charge in [-0.15, -0.1) is 0 Å². The van der Waals surface area contributed by atoms with Crippen molar-refractivity contribution >= 4 is 11.9 Å². The Balaban J connectivity index is 0.000000360. The summed E-state index contributed by atoms with van der Waals surface area (Å²) in [4.78, 5) is 27.8. The van der Waals surface area contributed by atoms with Gasteiger partial charge in [0, 0.05) is 44.1 Å². The number of aliphatic carboxylic acids is 1. The van der Waals surface area contributed by atoms with Gasteiger partial charge in [-0.2, -0.15) is 18.3 Å². The van der Waals surface area contributed by atoms with Crippen LogP contribution in [0.1, 0.15) is 35.3 Å². The lowest BCUT2D eigenvalue weighted by Crippen LogP contribution is -2.35. The van der Waals surface area contributed by atoms with Gasteiger partial charge in [-0.1, -0.05) is 12.5 Å². The second kappa shape index (κ2) is 9.68. The maximum atomic E-state index is 12.8. The van der Waals surface area contributed by atoms with Crippen LogP contribution in [0.25, 0.3) is 0 Å². The SMILES string of the molecule is Cn1nccc1C(=O)N1C[C@H]2CCC[C@@]2(COCc2cccnc2)C1.O=C(O)C(F)(F)F. The number of alkyl halides is 3. The molecule has 1 aliphatic carbocycles. The van der Waals surface area contributed by atoms with Crippen LogP contribution in [0.4, 0.5) is 13.2 Å². The Morgan fingerprint density at radius 2 is 2.06 bits per heavy atom. The number of hydrogen-bond donors (Lipinski definition) is 1. The highest BCUT2D eigenvalue weighted by atomic mass is 19.4. The minimum atomic E-state index is -5.08. The fraction of sp³-hybridized carbons (Fsp3) is 0.524. The molecule has 2 atom stereocenters. The van der Waals surface area contributed by atoms with E-state index < -0.39 is 12.1 Å². The average molecular weight is 454 g/mol. The van der Waals surface area contributed by atoms with Crippen molar-refractivity contribution in [3.8, 4) is 0 Å². The maximum Gasteiger partial charge on any atom is 0.490 e. The van der Waals surface area contributed by atoms with Gasteiger partial charge in [-0.05, 0) is 36.5 Å². The van der Waals surface area contributed by atoms with E-state index >= 15 is 0 Å². The molecular weight excluding hydrogens is 429 g/mol. The molecule has 11 heteroatoms. The zero-order valence-corrected chi connectivity index (χ0v) is 17.6. The fourth-order valence-corrected chi connectivity index (χ4v) is 4.41. The monoisotopic (exact) mass is 454 g/mol. The molecule has 8 nitrogen and oxygen atoms in total. The summed E-state index contributed by atoms with van der Waals surface area (Å²) in [5.74, 6) is -2.13. The molecule has 4 rings (SSSR count). The van der Waals surface area contributed by atoms with E-state index in [0.717, 1.165) is 25.1 Å². The van der Waals surface area contributed by atoms with Crippen molar-refractivity contribution < 1.29 is 32.6 Å². The molecule has 0 unspecified atom stereocenters. The van der Waals surface area contributed by atoms with E-state index in [1.807, 2.05) is 30.3 Å². The van der Waals surface area contributed by atoms with Crippen LogP contribution in [0.5, 0.6) is 0 Å². The number of ether oxygens (including phenoxy) is 1. The Morgan fingerprint density at radius 1 is 1.31 bits per heavy atom. The number of carbonyl (C=O) groups is 2. The first-order valence-corrected chi connectivity index (χ1v) is 10.2. The summed E-state index contributed by atoms with van der Waals surface area (Å²) >= 11 is 0. The number of carboxylic acid groups (broad SMARTS) is 1. The van der Waals surface area contributed by atoms with Gasteiger partial charge < -0.3 is 14.7 Å². The van der Waals surface area contributed by atoms with E-state index in [0.29, 0.717) is 24.8 Å². The fourth-order valence-electron chi connectivity index (χ4n) is 4.41. The highest BCUT2D eigenvalue weighted by Crippen LogP contribution is 2.49. The molecule has 0 spiro atoms. The first kappa shape index (κ1) is 23.7. The number of likely N-dealkylation sites (tertiary alicyclic amines) is 1. The van der Waals surface area contributed by atoms with Crippen LogP contribution in [-0.2, 0) is 23.2 Å². The van der Waals surface area contributed by atoms with E-state index in [9.17, 15) is 18.0 Å². The van der Waals surface area contributed by atoms with Crippen molar-refractivity contribution in [2.45, 2.75) is 32.0 Å². The molecule has 2 fully saturated rings. The topological polar surface area (TPSA) is 97.5 Å². The Bertz CT molecular complexity index is 935. The number of amides is 1. The van der Waals surface area contributed by atoms with Gasteiger partial charge in [0.1, 0.15) is 5.69 Å². The predicted molar refractivity (Wildman–Crippen MR) is 106 cm³/mol. The highest BCUT2D eigenvalue weighted by molar-refractivity contribution is 5.92. The van der Waals surface area contributed by atoms with Crippen molar-refractivity contribution in [3.05, 3.63) is 48.0 Å². The molecule has 2 aliphatic rings. The van der Waals surface area contributed by atoms with E-state index in [1.165, 1.54) is 12.8 Å². The summed E-state index contributed by atoms with van der Waals surface area (Å²) < 4.78 is 39.4. The van der Waals surface area contributed by atoms with Crippen LogP contribution in [0.2, 0.25) is 0 Å². The molecule has 3 heterocycles. The van der Waals surface area contributed by atoms with Gasteiger partial charge in [0.15, 0.2) is 0 Å². The lowest BCUT2D eigenvalue weighted by molar-refractivity contribution is -0.192. The zero-order valence-electron chi connectivity index (χ0n) is 17.6. The second-order valence-electron chi connectivity index (χ2n) is 8.13. The highest BCUT2D eigenvalue weighted by Gasteiger charge is 2.51. The number of aryl methyl sites for hydroxylation is 1. The molecular formula is C21H25F3N4O4. The Labute approximate surface area is 183 Å². The molecule has 0 aromatic carbocycles. The van der Waals surface area contributed by atoms with Crippen molar-refractivity contribution in [2.24, 2.45) is 18.4 Å². The Morgan fingerprint density at radius 3 is 2.66 bits per heavy atom. The lowest BCUT2D eigenvalue weighted by atomic mass is 9.81. The smallest absolute Gasteiger partial charge is 0.475 e. The van der Waals surface area contributed by atoms with Crippen LogP contribution in [0.15, 0.2) is 36.8 Å². The van der Waals surface area contributed by atoms with Crippen LogP contribution in [-0.4, -0.2) is 62.5 Å². The number of hydrogen-bond acceptors (Lipinski definition) is 5. The third-order valence-corrected chi connectivity index (χ3v) is 5.99. The number of carbonyl (C=O) groups excluding carboxylic acids is 1. The number of halogens is 3. The van der Waals surface area contributed by atoms with Gasteiger partial charge in [0.25, 0.3) is 5.91 Å². The van der Waals surface area contributed by atoms with Crippen molar-refractivity contribution in [3.63, 3.8) is 0 Å². The lowest BCUT2D eigenvalue weighted by Gasteiger charge is -2.28. The first-order valence-electron chi connectivity index (χ1n) is 10.2. The normalized spacial score (nSPS) is 22.2. The number of fused-ring (bicyclic) bond motifs is 1. The largest absolute Gasteiger partial charge is 0.490 e. The molecule has 1 aliphatic heterocycles. The van der Waals surface area contributed by atoms with Crippen LogP contribution >= 0.6 is 0 Å². The first-order chi connectivity index (χ1) is 15.1. The number of aromatic nitrogens is 3. The van der Waals surface area contributed by atoms with E-state index in [4.69, 9.17) is 14.6 Å². The quantitative estimate of drug-likeness (QED) is 0.746. The minimum Gasteiger partial charge on any atom is -0.475 e. The van der Waals surface area contributed by atoms with Gasteiger partial charge in [0.2, 0.25) is 0 Å². The molecule has 0 radical (unpaired) electrons. The van der Waals surface area contributed by atoms with Crippen LogP contribution < -0.4 is 0 Å². The number of nitrogens with zero attached hydrogens (tertiary/aromatic N) is 4. The standard InChI is InChI=1S/C19H24N4O2.C2HF3O2/c1-22-17(6-9-21-22)18(24)23-11-16-5-2-7-19(16,13-23)14-25-12-15-4-3-8-20-10-15;3-2(4,5)1(6)7/h3-4,6,8-10,16H,2,5,7,11-14H2,1H3;(H,6,7)/t16-,19+;/m1./s1. The number of rotatable bonds is 5. The summed E-state index contributed by atoms with van der Waals surface area (Å²) in [6.07, 6.45) is 3.77. The number of carboxylic acids is 1. The third-order valence-electron chi connectivity index (χ3n) is 5.99. The number of pyridine rings is 1. The molecule has 174 valence electrons. The van der Waals surface area contributed by atoms with Crippen molar-refractivity contribution in [2.75, 3.05) is 19.7 Å². The molecule has 1 amide bonds. The maximum absolute atomic E-state index is 12.8. The van der Waals surface area contributed by atoms with Crippen molar-refractivity contribution in [1.29, 1.82) is 0 Å². The van der Waals surface area contributed by atoms with Crippen LogP contribution in [0, 0.1) is 11.3 Å². The summed E-state index contributed by atoms with van der Waals surface area (Å²) in [5, 5.41) is 11.2. The van der Waals surface area contributed by atoms with Gasteiger partial charge in [-0.3, -0.25) is 14.5 Å². The summed E-state index contributed by atoms with van der Waals surface area (Å²) in [5.41, 5.74) is 1.86. The zero-order chi connectivity index (χ0) is 23.4. The van der Waals surface area contributed by atoms with Gasteiger partial charge in [0.05, 0.1) is 13.2 Å². The minimum absolute atomic E-state index is 0.0843. The van der Waals surface area contributed by atoms with E-state index in [2.05, 4.69) is 10.1 Å². The van der Waals surface area contributed by atoms with E-state index in [-0.39, 0.29) is 11.3 Å². The Hall–Kier alpha value is -2.95. The second-order valence-corrected chi connectivity index (χ2v) is 8.13. The molecule has 1 saturated heterocycles. The van der Waals surface area contributed by atoms with Gasteiger partial charge in [-0.25, -0.2) is 4.79 Å². The van der Waals surface area contributed by atoms with Crippen LogP contribution in [0.3, 0.4) is 0 Å². The van der Waals surface area contributed by atoms with Gasteiger partial charge >= 0.3 is 12.1 Å². The van der Waals surface area contributed by atoms with E-state index in [1.54, 1.807) is 23.1 Å². The molecule has 32 heavy (non-hydrogen) atoms. The Kier molecular flexibility index (Phi) is 7.17.